The monoisotopic (exact) mass is 500 g/mol. The zero-order chi connectivity index (χ0) is 27.3. The quantitative estimate of drug-likeness (QED) is 0.266. The number of hydrogen-bond donors (Lipinski definition) is 3. The Morgan fingerprint density at radius 3 is 2.42 bits per heavy atom. The molecule has 0 fully saturated rings. The van der Waals surface area contributed by atoms with E-state index >= 15 is 0 Å². The van der Waals surface area contributed by atoms with Gasteiger partial charge in [0.1, 0.15) is 17.7 Å². The lowest BCUT2D eigenvalue weighted by atomic mass is 9.99. The average molecular weight is 501 g/mol. The minimum Gasteiger partial charge on any atom is -0.444 e. The van der Waals surface area contributed by atoms with Crippen molar-refractivity contribution in [1.82, 2.24) is 15.5 Å². The van der Waals surface area contributed by atoms with Gasteiger partial charge in [-0.15, -0.1) is 6.58 Å². The van der Waals surface area contributed by atoms with E-state index in [4.69, 9.17) is 10.5 Å². The van der Waals surface area contributed by atoms with Crippen LogP contribution in [0, 0.1) is 0 Å². The van der Waals surface area contributed by atoms with E-state index < -0.39 is 47.9 Å². The van der Waals surface area contributed by atoms with E-state index in [2.05, 4.69) is 30.7 Å². The number of carbonyl (C=O) groups is 4. The number of nitrogens with zero attached hydrogens (tertiary/aromatic N) is 1. The largest absolute Gasteiger partial charge is 0.444 e. The molecule has 0 spiro atoms. The standard InChI is InChI=1S/C27H40N4O5/c1-7-10-11-15-29-24(33)23(20-14-12-13-19(9-3)17-20)31(16-8-2)25(34)21(18-22(28)32)30-26(35)36-27(4,5)6/h8-9,12-14,17,21,23H,2-3,7,10-11,15-16,18H2,1,4-6H3,(H2,28,32)(H,29,33)(H,30,35). The topological polar surface area (TPSA) is 131 Å². The first-order valence-corrected chi connectivity index (χ1v) is 12.1. The van der Waals surface area contributed by atoms with Gasteiger partial charge in [0.2, 0.25) is 17.7 Å². The highest BCUT2D eigenvalue weighted by Crippen LogP contribution is 2.24. The number of nitrogens with two attached hydrogens (primary N) is 1. The maximum absolute atomic E-state index is 13.7. The Kier molecular flexibility index (Phi) is 12.4. The number of alkyl carbamates (subject to hydrolysis) is 1. The maximum atomic E-state index is 13.7. The number of rotatable bonds is 14. The molecular weight excluding hydrogens is 460 g/mol. The summed E-state index contributed by atoms with van der Waals surface area (Å²) in [5, 5.41) is 5.34. The van der Waals surface area contributed by atoms with Gasteiger partial charge in [0, 0.05) is 13.1 Å². The fraction of sp³-hybridized carbons (Fsp3) is 0.481. The Morgan fingerprint density at radius 2 is 1.86 bits per heavy atom. The normalized spacial score (nSPS) is 12.6. The summed E-state index contributed by atoms with van der Waals surface area (Å²) in [5.74, 6) is -1.85. The SMILES string of the molecule is C=CCN(C(=O)C(CC(N)=O)NC(=O)OC(C)(C)C)C(C(=O)NCCCCC)c1cccc(C=C)c1. The molecule has 0 radical (unpaired) electrons. The molecule has 2 unspecified atom stereocenters. The van der Waals surface area contributed by atoms with Crippen LogP contribution in [-0.4, -0.2) is 53.4 Å². The van der Waals surface area contributed by atoms with Gasteiger partial charge < -0.3 is 26.0 Å². The van der Waals surface area contributed by atoms with Gasteiger partial charge in [-0.2, -0.15) is 0 Å². The molecule has 0 aliphatic heterocycles. The predicted octanol–water partition coefficient (Wildman–Crippen LogP) is 3.46. The molecule has 2 atom stereocenters. The lowest BCUT2D eigenvalue weighted by Crippen LogP contribution is -2.54. The molecule has 0 aromatic heterocycles. The first kappa shape index (κ1) is 30.4. The second-order valence-corrected chi connectivity index (χ2v) is 9.42. The minimum atomic E-state index is -1.34. The van der Waals surface area contributed by atoms with Gasteiger partial charge >= 0.3 is 6.09 Å². The highest BCUT2D eigenvalue weighted by molar-refractivity contribution is 5.94. The zero-order valence-corrected chi connectivity index (χ0v) is 21.8. The Morgan fingerprint density at radius 1 is 1.17 bits per heavy atom. The number of benzene rings is 1. The molecule has 1 rings (SSSR count). The number of amides is 4. The third-order valence-electron chi connectivity index (χ3n) is 5.10. The highest BCUT2D eigenvalue weighted by Gasteiger charge is 2.36. The molecule has 9 heteroatoms. The molecule has 0 saturated carbocycles. The van der Waals surface area contributed by atoms with E-state index in [1.54, 1.807) is 45.0 Å². The molecule has 1 aromatic carbocycles. The second kappa shape index (κ2) is 14.7. The lowest BCUT2D eigenvalue weighted by Gasteiger charge is -2.33. The van der Waals surface area contributed by atoms with E-state index in [1.165, 1.54) is 11.0 Å². The summed E-state index contributed by atoms with van der Waals surface area (Å²) in [5.41, 5.74) is 5.87. The summed E-state index contributed by atoms with van der Waals surface area (Å²) < 4.78 is 5.26. The van der Waals surface area contributed by atoms with E-state index in [-0.39, 0.29) is 6.54 Å². The van der Waals surface area contributed by atoms with Crippen molar-refractivity contribution in [1.29, 1.82) is 0 Å². The first-order valence-electron chi connectivity index (χ1n) is 12.1. The van der Waals surface area contributed by atoms with Crippen LogP contribution in [0.4, 0.5) is 4.79 Å². The van der Waals surface area contributed by atoms with Crippen molar-refractivity contribution in [2.45, 2.75) is 71.1 Å². The third kappa shape index (κ3) is 10.3. The van der Waals surface area contributed by atoms with Crippen molar-refractivity contribution >= 4 is 29.9 Å². The summed E-state index contributed by atoms with van der Waals surface area (Å²) in [6.45, 7) is 15.0. The van der Waals surface area contributed by atoms with Crippen LogP contribution in [0.15, 0.2) is 43.5 Å². The summed E-state index contributed by atoms with van der Waals surface area (Å²) in [7, 11) is 0. The van der Waals surface area contributed by atoms with Crippen molar-refractivity contribution < 1.29 is 23.9 Å². The Labute approximate surface area is 214 Å². The zero-order valence-electron chi connectivity index (χ0n) is 21.8. The fourth-order valence-electron chi connectivity index (χ4n) is 3.53. The Bertz CT molecular complexity index is 938. The number of primary amides is 1. The summed E-state index contributed by atoms with van der Waals surface area (Å²) in [4.78, 5) is 52.6. The van der Waals surface area contributed by atoms with Crippen LogP contribution in [0.5, 0.6) is 0 Å². The molecule has 0 bridgehead atoms. The van der Waals surface area contributed by atoms with E-state index in [1.807, 2.05) is 6.07 Å². The molecule has 1 aromatic rings. The molecule has 9 nitrogen and oxygen atoms in total. The van der Waals surface area contributed by atoms with Gasteiger partial charge in [-0.05, 0) is 44.4 Å². The van der Waals surface area contributed by atoms with Gasteiger partial charge in [-0.1, -0.05) is 56.7 Å². The van der Waals surface area contributed by atoms with E-state index in [9.17, 15) is 19.2 Å². The summed E-state index contributed by atoms with van der Waals surface area (Å²) in [6, 6.07) is 4.70. The fourth-order valence-corrected chi connectivity index (χ4v) is 3.53. The highest BCUT2D eigenvalue weighted by atomic mass is 16.6. The molecule has 0 aliphatic carbocycles. The number of hydrogen-bond acceptors (Lipinski definition) is 5. The third-order valence-corrected chi connectivity index (χ3v) is 5.10. The van der Waals surface area contributed by atoms with Gasteiger partial charge in [0.15, 0.2) is 0 Å². The Hall–Kier alpha value is -3.62. The van der Waals surface area contributed by atoms with Gasteiger partial charge in [-0.25, -0.2) is 4.79 Å². The molecule has 0 heterocycles. The summed E-state index contributed by atoms with van der Waals surface area (Å²) >= 11 is 0. The molecule has 0 aliphatic rings. The average Bonchev–Trinajstić information content (AvgIpc) is 2.79. The van der Waals surface area contributed by atoms with Crippen LogP contribution < -0.4 is 16.4 Å². The first-order chi connectivity index (χ1) is 16.9. The molecule has 4 N–H and O–H groups in total. The maximum Gasteiger partial charge on any atom is 0.408 e. The number of ether oxygens (including phenoxy) is 1. The number of carbonyl (C=O) groups excluding carboxylic acids is 4. The van der Waals surface area contributed by atoms with E-state index in [0.717, 1.165) is 24.8 Å². The Balaban J connectivity index is 3.42. The van der Waals surface area contributed by atoms with Crippen molar-refractivity contribution in [3.63, 3.8) is 0 Å². The van der Waals surface area contributed by atoms with Crippen molar-refractivity contribution in [2.24, 2.45) is 5.73 Å². The van der Waals surface area contributed by atoms with E-state index in [0.29, 0.717) is 12.1 Å². The van der Waals surface area contributed by atoms with Crippen LogP contribution in [0.1, 0.15) is 70.5 Å². The number of unbranched alkanes of at least 4 members (excludes halogenated alkanes) is 2. The molecule has 0 saturated heterocycles. The molecule has 36 heavy (non-hydrogen) atoms. The van der Waals surface area contributed by atoms with Crippen molar-refractivity contribution in [3.8, 4) is 0 Å². The van der Waals surface area contributed by atoms with Crippen LogP contribution in [0.3, 0.4) is 0 Å². The molecule has 198 valence electrons. The van der Waals surface area contributed by atoms with Gasteiger partial charge in [0.25, 0.3) is 0 Å². The molecule has 4 amide bonds. The molecular formula is C27H40N4O5. The van der Waals surface area contributed by atoms with Crippen LogP contribution in [-0.2, 0) is 19.1 Å². The van der Waals surface area contributed by atoms with Crippen LogP contribution in [0.2, 0.25) is 0 Å². The van der Waals surface area contributed by atoms with Crippen LogP contribution in [0.25, 0.3) is 6.08 Å². The van der Waals surface area contributed by atoms with Crippen LogP contribution >= 0.6 is 0 Å². The smallest absolute Gasteiger partial charge is 0.408 e. The minimum absolute atomic E-state index is 0.0184. The van der Waals surface area contributed by atoms with Crippen molar-refractivity contribution in [2.75, 3.05) is 13.1 Å². The predicted molar refractivity (Wildman–Crippen MR) is 141 cm³/mol. The number of nitrogens with one attached hydrogen (secondary N) is 2. The van der Waals surface area contributed by atoms with Gasteiger partial charge in [0.05, 0.1) is 6.42 Å². The summed E-state index contributed by atoms with van der Waals surface area (Å²) in [6.07, 6.45) is 4.50. The van der Waals surface area contributed by atoms with Crippen molar-refractivity contribution in [3.05, 3.63) is 54.6 Å². The lowest BCUT2D eigenvalue weighted by molar-refractivity contribution is -0.142. The van der Waals surface area contributed by atoms with Gasteiger partial charge in [-0.3, -0.25) is 14.4 Å². The second-order valence-electron chi connectivity index (χ2n) is 9.42.